The Kier molecular flexibility index (Phi) is 5.67. The molecule has 0 spiro atoms. The molecule has 3 aromatic rings. The monoisotopic (exact) mass is 403 g/mol. The van der Waals surface area contributed by atoms with Gasteiger partial charge in [0.15, 0.2) is 0 Å². The first-order valence-corrected chi connectivity index (χ1v) is 10.3. The number of rotatable bonds is 6. The van der Waals surface area contributed by atoms with Crippen molar-refractivity contribution in [1.29, 1.82) is 0 Å². The Morgan fingerprint density at radius 2 is 1.72 bits per heavy atom. The molecule has 0 unspecified atom stereocenters. The van der Waals surface area contributed by atoms with Crippen LogP contribution in [-0.4, -0.2) is 29.7 Å². The van der Waals surface area contributed by atoms with Gasteiger partial charge in [-0.1, -0.05) is 60.7 Å². The Hall–Kier alpha value is -3.05. The van der Waals surface area contributed by atoms with E-state index in [9.17, 15) is 9.59 Å². The van der Waals surface area contributed by atoms with Crippen molar-refractivity contribution in [2.24, 2.45) is 0 Å². The molecular weight excluding hydrogens is 382 g/mol. The van der Waals surface area contributed by atoms with Crippen molar-refractivity contribution in [2.45, 2.75) is 12.8 Å². The van der Waals surface area contributed by atoms with Crippen molar-refractivity contribution >= 4 is 39.8 Å². The number of carbonyl (C=O) groups is 2. The maximum atomic E-state index is 12.9. The first-order chi connectivity index (χ1) is 14.2. The number of aryl methyl sites for hydroxylation is 1. The van der Waals surface area contributed by atoms with Crippen LogP contribution in [0.2, 0.25) is 0 Å². The van der Waals surface area contributed by atoms with Crippen molar-refractivity contribution in [3.05, 3.63) is 82.8 Å². The van der Waals surface area contributed by atoms with E-state index in [1.807, 2.05) is 54.6 Å². The average Bonchev–Trinajstić information content (AvgIpc) is 3.02. The van der Waals surface area contributed by atoms with E-state index in [1.165, 1.54) is 10.5 Å². The molecule has 1 fully saturated rings. The van der Waals surface area contributed by atoms with E-state index < -0.39 is 0 Å². The van der Waals surface area contributed by atoms with Crippen LogP contribution in [0.15, 0.2) is 71.6 Å². The molecule has 29 heavy (non-hydrogen) atoms. The quantitative estimate of drug-likeness (QED) is 0.509. The highest BCUT2D eigenvalue weighted by atomic mass is 32.2. The maximum Gasteiger partial charge on any atom is 0.293 e. The standard InChI is InChI=1S/C24H21NO3S/c1-28-21-14-13-18-11-5-6-12-19(18)20(21)16-22-23(26)25(24(27)29-22)15-7-10-17-8-3-2-4-9-17/h2-6,8-9,11-14,16H,7,10,15H2,1H3/b22-16-. The van der Waals surface area contributed by atoms with Gasteiger partial charge in [-0.15, -0.1) is 0 Å². The van der Waals surface area contributed by atoms with Gasteiger partial charge in [-0.3, -0.25) is 14.5 Å². The van der Waals surface area contributed by atoms with E-state index in [0.29, 0.717) is 17.2 Å². The first kappa shape index (κ1) is 19.3. The van der Waals surface area contributed by atoms with Crippen molar-refractivity contribution in [1.82, 2.24) is 4.90 Å². The van der Waals surface area contributed by atoms with E-state index in [4.69, 9.17) is 4.74 Å². The zero-order chi connectivity index (χ0) is 20.2. The lowest BCUT2D eigenvalue weighted by molar-refractivity contribution is -0.122. The maximum absolute atomic E-state index is 12.9. The second-order valence-electron chi connectivity index (χ2n) is 6.83. The minimum absolute atomic E-state index is 0.214. The van der Waals surface area contributed by atoms with Crippen LogP contribution in [0.5, 0.6) is 5.75 Å². The highest BCUT2D eigenvalue weighted by Crippen LogP contribution is 2.36. The Labute approximate surface area is 174 Å². The van der Waals surface area contributed by atoms with E-state index >= 15 is 0 Å². The highest BCUT2D eigenvalue weighted by Gasteiger charge is 2.34. The van der Waals surface area contributed by atoms with Crippen LogP contribution >= 0.6 is 11.8 Å². The minimum atomic E-state index is -0.233. The van der Waals surface area contributed by atoms with Crippen LogP contribution in [0.25, 0.3) is 16.8 Å². The fraction of sp³-hybridized carbons (Fsp3) is 0.167. The molecule has 1 aliphatic rings. The van der Waals surface area contributed by atoms with Gasteiger partial charge in [-0.2, -0.15) is 0 Å². The predicted octanol–water partition coefficient (Wildman–Crippen LogP) is 5.52. The van der Waals surface area contributed by atoms with Crippen LogP contribution in [0.3, 0.4) is 0 Å². The molecule has 1 heterocycles. The lowest BCUT2D eigenvalue weighted by Crippen LogP contribution is -2.29. The fourth-order valence-corrected chi connectivity index (χ4v) is 4.36. The molecule has 4 nitrogen and oxygen atoms in total. The summed E-state index contributed by atoms with van der Waals surface area (Å²) < 4.78 is 5.50. The zero-order valence-electron chi connectivity index (χ0n) is 16.1. The molecule has 3 aromatic carbocycles. The lowest BCUT2D eigenvalue weighted by Gasteiger charge is -2.12. The van der Waals surface area contributed by atoms with E-state index in [2.05, 4.69) is 12.1 Å². The number of hydrogen-bond donors (Lipinski definition) is 0. The zero-order valence-corrected chi connectivity index (χ0v) is 16.9. The summed E-state index contributed by atoms with van der Waals surface area (Å²) >= 11 is 0.994. The number of benzene rings is 3. The van der Waals surface area contributed by atoms with Crippen molar-refractivity contribution in [3.63, 3.8) is 0 Å². The summed E-state index contributed by atoms with van der Waals surface area (Å²) in [4.78, 5) is 27.1. The molecular formula is C24H21NO3S. The van der Waals surface area contributed by atoms with Gasteiger partial charge in [0.2, 0.25) is 0 Å². The summed E-state index contributed by atoms with van der Waals surface area (Å²) in [6, 6.07) is 21.9. The van der Waals surface area contributed by atoms with Gasteiger partial charge >= 0.3 is 0 Å². The highest BCUT2D eigenvalue weighted by molar-refractivity contribution is 8.18. The van der Waals surface area contributed by atoms with Gasteiger partial charge < -0.3 is 4.74 Å². The number of hydrogen-bond acceptors (Lipinski definition) is 4. The van der Waals surface area contributed by atoms with Gasteiger partial charge in [0.05, 0.1) is 12.0 Å². The summed E-state index contributed by atoms with van der Waals surface area (Å²) in [5, 5.41) is 1.83. The summed E-state index contributed by atoms with van der Waals surface area (Å²) in [6.45, 7) is 0.420. The normalized spacial score (nSPS) is 15.5. The van der Waals surface area contributed by atoms with Crippen molar-refractivity contribution in [3.8, 4) is 5.75 Å². The fourth-order valence-electron chi connectivity index (χ4n) is 3.51. The smallest absolute Gasteiger partial charge is 0.293 e. The summed E-state index contributed by atoms with van der Waals surface area (Å²) in [7, 11) is 1.61. The van der Waals surface area contributed by atoms with Crippen LogP contribution in [0, 0.1) is 0 Å². The average molecular weight is 404 g/mol. The van der Waals surface area contributed by atoms with Crippen LogP contribution in [-0.2, 0) is 11.2 Å². The van der Waals surface area contributed by atoms with Crippen LogP contribution in [0.4, 0.5) is 4.79 Å². The second-order valence-corrected chi connectivity index (χ2v) is 7.82. The van der Waals surface area contributed by atoms with Gasteiger partial charge in [-0.05, 0) is 53.1 Å². The first-order valence-electron chi connectivity index (χ1n) is 9.52. The van der Waals surface area contributed by atoms with E-state index in [0.717, 1.165) is 40.9 Å². The topological polar surface area (TPSA) is 46.6 Å². The number of carbonyl (C=O) groups excluding carboxylic acids is 2. The molecule has 0 bridgehead atoms. The van der Waals surface area contributed by atoms with E-state index in [-0.39, 0.29) is 11.1 Å². The summed E-state index contributed by atoms with van der Waals surface area (Å²) in [5.41, 5.74) is 2.02. The molecule has 2 amide bonds. The molecule has 1 aliphatic heterocycles. The lowest BCUT2D eigenvalue weighted by atomic mass is 10.0. The molecule has 0 aromatic heterocycles. The summed E-state index contributed by atoms with van der Waals surface area (Å²) in [5.74, 6) is 0.447. The molecule has 0 radical (unpaired) electrons. The van der Waals surface area contributed by atoms with Gasteiger partial charge in [0.25, 0.3) is 11.1 Å². The molecule has 0 N–H and O–H groups in total. The van der Waals surface area contributed by atoms with Crippen LogP contribution in [0.1, 0.15) is 17.5 Å². The number of amides is 2. The molecule has 0 atom stereocenters. The van der Waals surface area contributed by atoms with Crippen LogP contribution < -0.4 is 4.74 Å². The Balaban J connectivity index is 1.56. The molecule has 146 valence electrons. The van der Waals surface area contributed by atoms with E-state index in [1.54, 1.807) is 13.2 Å². The van der Waals surface area contributed by atoms with Gasteiger partial charge in [0, 0.05) is 12.1 Å². The minimum Gasteiger partial charge on any atom is -0.496 e. The SMILES string of the molecule is COc1ccc2ccccc2c1/C=C1\SC(=O)N(CCCc2ccccc2)C1=O. The number of nitrogens with zero attached hydrogens (tertiary/aromatic N) is 1. The second kappa shape index (κ2) is 8.53. The molecule has 0 aliphatic carbocycles. The third-order valence-corrected chi connectivity index (χ3v) is 5.90. The van der Waals surface area contributed by atoms with Gasteiger partial charge in [0.1, 0.15) is 5.75 Å². The third-order valence-electron chi connectivity index (χ3n) is 4.99. The molecule has 1 saturated heterocycles. The number of methoxy groups -OCH3 is 1. The number of ether oxygens (including phenoxy) is 1. The number of thioether (sulfide) groups is 1. The Bertz CT molecular complexity index is 1090. The number of imide groups is 1. The van der Waals surface area contributed by atoms with Crippen molar-refractivity contribution in [2.75, 3.05) is 13.7 Å². The Morgan fingerprint density at radius 1 is 0.966 bits per heavy atom. The molecule has 5 heteroatoms. The molecule has 4 rings (SSSR count). The van der Waals surface area contributed by atoms with Crippen molar-refractivity contribution < 1.29 is 14.3 Å². The summed E-state index contributed by atoms with van der Waals surface area (Å²) in [6.07, 6.45) is 3.36. The third kappa shape index (κ3) is 4.05. The predicted molar refractivity (Wildman–Crippen MR) is 118 cm³/mol. The Morgan fingerprint density at radius 3 is 2.52 bits per heavy atom. The molecule has 0 saturated carbocycles. The number of fused-ring (bicyclic) bond motifs is 1. The van der Waals surface area contributed by atoms with Gasteiger partial charge in [-0.25, -0.2) is 0 Å². The largest absolute Gasteiger partial charge is 0.496 e.